The molecule has 0 heterocycles. The Labute approximate surface area is 150 Å². The van der Waals surface area contributed by atoms with Gasteiger partial charge in [0.05, 0.1) is 20.2 Å². The van der Waals surface area contributed by atoms with E-state index in [2.05, 4.69) is 20.9 Å². The molecule has 1 aliphatic rings. The van der Waals surface area contributed by atoms with Crippen molar-refractivity contribution in [1.29, 1.82) is 0 Å². The monoisotopic (exact) mass is 346 g/mol. The first-order valence-corrected chi connectivity index (χ1v) is 9.15. The summed E-state index contributed by atoms with van der Waals surface area (Å²) in [5.74, 6) is 1.49. The number of aliphatic imine (C=N–C) groups is 1. The van der Waals surface area contributed by atoms with Crippen molar-refractivity contribution in [3.8, 4) is 5.75 Å². The van der Waals surface area contributed by atoms with Crippen LogP contribution in [0.15, 0.2) is 29.3 Å². The predicted octanol–water partition coefficient (Wildman–Crippen LogP) is 2.20. The van der Waals surface area contributed by atoms with Crippen molar-refractivity contribution in [3.05, 3.63) is 29.8 Å². The van der Waals surface area contributed by atoms with Crippen molar-refractivity contribution in [2.45, 2.75) is 51.6 Å². The topological polar surface area (TPSA) is 74.8 Å². The van der Waals surface area contributed by atoms with Crippen LogP contribution in [-0.2, 0) is 11.3 Å². The highest BCUT2D eigenvalue weighted by molar-refractivity contribution is 5.86. The highest BCUT2D eigenvalue weighted by atomic mass is 16.5. The zero-order valence-electron chi connectivity index (χ0n) is 15.3. The van der Waals surface area contributed by atoms with Crippen LogP contribution in [0.25, 0.3) is 0 Å². The van der Waals surface area contributed by atoms with Gasteiger partial charge in [-0.05, 0) is 37.5 Å². The molecular formula is C19H30N4O2. The van der Waals surface area contributed by atoms with E-state index in [1.54, 1.807) is 7.11 Å². The Morgan fingerprint density at radius 2 is 2.04 bits per heavy atom. The van der Waals surface area contributed by atoms with E-state index in [1.807, 2.05) is 31.2 Å². The molecule has 3 N–H and O–H groups in total. The third-order valence-electron chi connectivity index (χ3n) is 4.28. The van der Waals surface area contributed by atoms with Gasteiger partial charge in [0, 0.05) is 12.6 Å². The van der Waals surface area contributed by atoms with Gasteiger partial charge in [-0.3, -0.25) is 4.79 Å². The Balaban J connectivity index is 1.82. The van der Waals surface area contributed by atoms with Crippen molar-refractivity contribution in [3.63, 3.8) is 0 Å². The fourth-order valence-electron chi connectivity index (χ4n) is 2.97. The standard InChI is InChI=1S/C19H30N4O2/c1-3-20-19(21-13-15-8-7-11-17(12-15)25-2)22-14-18(24)23-16-9-5-4-6-10-16/h7-8,11-12,16H,3-6,9-10,13-14H2,1-2H3,(H,23,24)(H2,20,21,22). The van der Waals surface area contributed by atoms with Gasteiger partial charge in [-0.1, -0.05) is 31.4 Å². The van der Waals surface area contributed by atoms with Gasteiger partial charge in [-0.25, -0.2) is 4.99 Å². The van der Waals surface area contributed by atoms with Crippen molar-refractivity contribution in [2.24, 2.45) is 4.99 Å². The minimum Gasteiger partial charge on any atom is -0.497 e. The summed E-state index contributed by atoms with van der Waals surface area (Å²) in [6.07, 6.45) is 5.89. The number of nitrogens with one attached hydrogen (secondary N) is 3. The summed E-state index contributed by atoms with van der Waals surface area (Å²) in [4.78, 5) is 16.6. The lowest BCUT2D eigenvalue weighted by atomic mass is 9.95. The van der Waals surface area contributed by atoms with Crippen LogP contribution < -0.4 is 20.7 Å². The van der Waals surface area contributed by atoms with Crippen LogP contribution in [0.3, 0.4) is 0 Å². The van der Waals surface area contributed by atoms with E-state index >= 15 is 0 Å². The van der Waals surface area contributed by atoms with Crippen LogP contribution in [0, 0.1) is 0 Å². The molecule has 0 atom stereocenters. The molecule has 6 nitrogen and oxygen atoms in total. The Bertz CT molecular complexity index is 568. The lowest BCUT2D eigenvalue weighted by Gasteiger charge is -2.23. The highest BCUT2D eigenvalue weighted by Crippen LogP contribution is 2.17. The van der Waals surface area contributed by atoms with Gasteiger partial charge >= 0.3 is 0 Å². The average molecular weight is 346 g/mol. The number of hydrogen-bond donors (Lipinski definition) is 3. The molecule has 0 aromatic heterocycles. The van der Waals surface area contributed by atoms with Crippen molar-refractivity contribution >= 4 is 11.9 Å². The first-order chi connectivity index (χ1) is 12.2. The zero-order valence-corrected chi connectivity index (χ0v) is 15.3. The second kappa shape index (κ2) is 10.6. The molecule has 2 rings (SSSR count). The first kappa shape index (κ1) is 19.1. The Hall–Kier alpha value is -2.24. The Kier molecular flexibility index (Phi) is 8.09. The molecule has 1 aliphatic carbocycles. The molecular weight excluding hydrogens is 316 g/mol. The Morgan fingerprint density at radius 1 is 1.24 bits per heavy atom. The molecule has 1 aromatic rings. The third kappa shape index (κ3) is 7.03. The summed E-state index contributed by atoms with van der Waals surface area (Å²) in [7, 11) is 1.65. The summed E-state index contributed by atoms with van der Waals surface area (Å²) in [6.45, 7) is 3.51. The molecule has 0 saturated heterocycles. The van der Waals surface area contributed by atoms with Crippen LogP contribution >= 0.6 is 0 Å². The minimum atomic E-state index is 0.0267. The van der Waals surface area contributed by atoms with E-state index in [0.717, 1.165) is 30.7 Å². The van der Waals surface area contributed by atoms with Crippen LogP contribution in [0.2, 0.25) is 0 Å². The number of methoxy groups -OCH3 is 1. The molecule has 1 amide bonds. The average Bonchev–Trinajstić information content (AvgIpc) is 2.65. The predicted molar refractivity (Wildman–Crippen MR) is 101 cm³/mol. The molecule has 0 bridgehead atoms. The molecule has 1 saturated carbocycles. The molecule has 1 aromatic carbocycles. The summed E-state index contributed by atoms with van der Waals surface area (Å²) >= 11 is 0. The van der Waals surface area contributed by atoms with Crippen molar-refractivity contribution in [1.82, 2.24) is 16.0 Å². The summed E-state index contributed by atoms with van der Waals surface area (Å²) in [6, 6.07) is 8.15. The maximum Gasteiger partial charge on any atom is 0.239 e. The van der Waals surface area contributed by atoms with Crippen molar-refractivity contribution in [2.75, 3.05) is 20.2 Å². The van der Waals surface area contributed by atoms with E-state index in [0.29, 0.717) is 18.5 Å². The number of carbonyl (C=O) groups is 1. The fraction of sp³-hybridized carbons (Fsp3) is 0.579. The highest BCUT2D eigenvalue weighted by Gasteiger charge is 2.15. The lowest BCUT2D eigenvalue weighted by Crippen LogP contribution is -2.46. The lowest BCUT2D eigenvalue weighted by molar-refractivity contribution is -0.120. The van der Waals surface area contributed by atoms with Gasteiger partial charge in [0.15, 0.2) is 5.96 Å². The van der Waals surface area contributed by atoms with Crippen LogP contribution in [0.5, 0.6) is 5.75 Å². The number of ether oxygens (including phenoxy) is 1. The second-order valence-corrected chi connectivity index (χ2v) is 6.30. The normalized spacial score (nSPS) is 15.5. The molecule has 0 aliphatic heterocycles. The van der Waals surface area contributed by atoms with Crippen LogP contribution in [-0.4, -0.2) is 38.1 Å². The fourth-order valence-corrected chi connectivity index (χ4v) is 2.97. The molecule has 0 spiro atoms. The molecule has 0 radical (unpaired) electrons. The van der Waals surface area contributed by atoms with Gasteiger partial charge in [-0.2, -0.15) is 0 Å². The van der Waals surface area contributed by atoms with Gasteiger partial charge in [-0.15, -0.1) is 0 Å². The number of benzene rings is 1. The largest absolute Gasteiger partial charge is 0.497 e. The van der Waals surface area contributed by atoms with E-state index in [1.165, 1.54) is 19.3 Å². The van der Waals surface area contributed by atoms with E-state index in [4.69, 9.17) is 4.74 Å². The van der Waals surface area contributed by atoms with E-state index in [9.17, 15) is 4.79 Å². The molecule has 1 fully saturated rings. The SMILES string of the molecule is CCNC(=NCc1cccc(OC)c1)NCC(=O)NC1CCCCC1. The minimum absolute atomic E-state index is 0.0267. The van der Waals surface area contributed by atoms with Gasteiger partial charge in [0.1, 0.15) is 5.75 Å². The Morgan fingerprint density at radius 3 is 2.76 bits per heavy atom. The van der Waals surface area contributed by atoms with Crippen LogP contribution in [0.4, 0.5) is 0 Å². The molecule has 6 heteroatoms. The van der Waals surface area contributed by atoms with Gasteiger partial charge < -0.3 is 20.7 Å². The molecule has 25 heavy (non-hydrogen) atoms. The maximum absolute atomic E-state index is 12.1. The van der Waals surface area contributed by atoms with E-state index < -0.39 is 0 Å². The van der Waals surface area contributed by atoms with Gasteiger partial charge in [0.2, 0.25) is 5.91 Å². The number of hydrogen-bond acceptors (Lipinski definition) is 3. The summed E-state index contributed by atoms with van der Waals surface area (Å²) in [5, 5.41) is 9.38. The van der Waals surface area contributed by atoms with E-state index in [-0.39, 0.29) is 12.5 Å². The number of carbonyl (C=O) groups excluding carboxylic acids is 1. The quantitative estimate of drug-likeness (QED) is 0.523. The van der Waals surface area contributed by atoms with Crippen LogP contribution in [0.1, 0.15) is 44.6 Å². The van der Waals surface area contributed by atoms with Gasteiger partial charge in [0.25, 0.3) is 0 Å². The smallest absolute Gasteiger partial charge is 0.239 e. The summed E-state index contributed by atoms with van der Waals surface area (Å²) < 4.78 is 5.23. The number of amides is 1. The number of rotatable bonds is 7. The number of nitrogens with zero attached hydrogens (tertiary/aromatic N) is 1. The van der Waals surface area contributed by atoms with Crippen molar-refractivity contribution < 1.29 is 9.53 Å². The first-order valence-electron chi connectivity index (χ1n) is 9.15. The molecule has 0 unspecified atom stereocenters. The second-order valence-electron chi connectivity index (χ2n) is 6.30. The third-order valence-corrected chi connectivity index (χ3v) is 4.28. The number of guanidine groups is 1. The zero-order chi connectivity index (χ0) is 17.9. The maximum atomic E-state index is 12.1. The summed E-state index contributed by atoms with van der Waals surface area (Å²) in [5.41, 5.74) is 1.06. The molecule has 138 valence electrons.